The zero-order valence-electron chi connectivity index (χ0n) is 11.9. The lowest BCUT2D eigenvalue weighted by atomic mass is 10.4. The fourth-order valence-corrected chi connectivity index (χ4v) is 1.79. The van der Waals surface area contributed by atoms with Gasteiger partial charge in [0.1, 0.15) is 6.33 Å². The van der Waals surface area contributed by atoms with Gasteiger partial charge in [0.15, 0.2) is 0 Å². The first-order chi connectivity index (χ1) is 10.3. The van der Waals surface area contributed by atoms with Gasteiger partial charge in [0.05, 0.1) is 6.20 Å². The molecule has 0 fully saturated rings. The van der Waals surface area contributed by atoms with Crippen molar-refractivity contribution in [1.29, 1.82) is 0 Å². The zero-order valence-corrected chi connectivity index (χ0v) is 11.9. The van der Waals surface area contributed by atoms with Crippen molar-refractivity contribution in [2.75, 3.05) is 11.9 Å². The molecule has 0 atom stereocenters. The maximum Gasteiger partial charge on any atom is 0.257 e. The van der Waals surface area contributed by atoms with Crippen molar-refractivity contribution in [3.8, 4) is 11.9 Å². The van der Waals surface area contributed by atoms with E-state index in [-0.39, 0.29) is 0 Å². The van der Waals surface area contributed by atoms with E-state index in [1.807, 2.05) is 13.1 Å². The fraction of sp³-hybridized carbons (Fsp3) is 0.308. The quantitative estimate of drug-likeness (QED) is 0.761. The Morgan fingerprint density at radius 1 is 1.19 bits per heavy atom. The molecule has 3 aromatic rings. The van der Waals surface area contributed by atoms with Crippen LogP contribution in [0.15, 0.2) is 31.1 Å². The van der Waals surface area contributed by atoms with Crippen molar-refractivity contribution >= 4 is 5.95 Å². The molecule has 0 bridgehead atoms. The standard InChI is InChI=1S/C13H16N8/c1-3-4-15-11-17-12(20-6-5-14-9-20)19-13(18-11)21-8-10(2)7-16-21/h5-9H,3-4H2,1-2H3,(H,15,17,18,19). The fourth-order valence-electron chi connectivity index (χ4n) is 1.79. The first-order valence-electron chi connectivity index (χ1n) is 6.76. The second-order valence-electron chi connectivity index (χ2n) is 4.62. The molecule has 0 radical (unpaired) electrons. The van der Waals surface area contributed by atoms with Crippen molar-refractivity contribution in [3.05, 3.63) is 36.7 Å². The summed E-state index contributed by atoms with van der Waals surface area (Å²) in [4.78, 5) is 17.2. The minimum atomic E-state index is 0.473. The Morgan fingerprint density at radius 2 is 2.05 bits per heavy atom. The molecule has 0 saturated carbocycles. The molecule has 8 heteroatoms. The second-order valence-corrected chi connectivity index (χ2v) is 4.62. The molecule has 21 heavy (non-hydrogen) atoms. The molecule has 3 rings (SSSR count). The summed E-state index contributed by atoms with van der Waals surface area (Å²) in [5.41, 5.74) is 1.04. The first kappa shape index (κ1) is 13.2. The second kappa shape index (κ2) is 5.70. The summed E-state index contributed by atoms with van der Waals surface area (Å²) in [6.07, 6.45) is 9.74. The van der Waals surface area contributed by atoms with Gasteiger partial charge in [-0.25, -0.2) is 9.67 Å². The van der Waals surface area contributed by atoms with Crippen molar-refractivity contribution in [2.45, 2.75) is 20.3 Å². The van der Waals surface area contributed by atoms with Crippen LogP contribution in [0.3, 0.4) is 0 Å². The van der Waals surface area contributed by atoms with E-state index in [0.29, 0.717) is 17.8 Å². The van der Waals surface area contributed by atoms with Crippen molar-refractivity contribution < 1.29 is 0 Å². The lowest BCUT2D eigenvalue weighted by Gasteiger charge is -2.08. The van der Waals surface area contributed by atoms with Crippen LogP contribution < -0.4 is 5.32 Å². The average Bonchev–Trinajstić information content (AvgIpc) is 3.16. The summed E-state index contributed by atoms with van der Waals surface area (Å²) < 4.78 is 3.37. The summed E-state index contributed by atoms with van der Waals surface area (Å²) in [5, 5.41) is 7.42. The molecule has 0 aliphatic rings. The molecule has 0 aliphatic heterocycles. The third-order valence-electron chi connectivity index (χ3n) is 2.80. The van der Waals surface area contributed by atoms with Gasteiger partial charge in [-0.2, -0.15) is 20.1 Å². The number of rotatable bonds is 5. The smallest absolute Gasteiger partial charge is 0.257 e. The Morgan fingerprint density at radius 3 is 2.71 bits per heavy atom. The van der Waals surface area contributed by atoms with Gasteiger partial charge >= 0.3 is 0 Å². The summed E-state index contributed by atoms with van der Waals surface area (Å²) in [5.74, 6) is 1.50. The van der Waals surface area contributed by atoms with E-state index >= 15 is 0 Å². The summed E-state index contributed by atoms with van der Waals surface area (Å²) >= 11 is 0. The number of hydrogen-bond acceptors (Lipinski definition) is 6. The average molecular weight is 284 g/mol. The van der Waals surface area contributed by atoms with Crippen LogP contribution in [0.2, 0.25) is 0 Å². The van der Waals surface area contributed by atoms with Gasteiger partial charge in [-0.1, -0.05) is 6.92 Å². The van der Waals surface area contributed by atoms with Crippen LogP contribution in [0.4, 0.5) is 5.95 Å². The number of aromatic nitrogens is 7. The molecule has 0 spiro atoms. The number of anilines is 1. The number of nitrogens with one attached hydrogen (secondary N) is 1. The van der Waals surface area contributed by atoms with E-state index < -0.39 is 0 Å². The van der Waals surface area contributed by atoms with E-state index in [2.05, 4.69) is 37.3 Å². The highest BCUT2D eigenvalue weighted by atomic mass is 15.4. The predicted molar refractivity (Wildman–Crippen MR) is 77.6 cm³/mol. The first-order valence-corrected chi connectivity index (χ1v) is 6.76. The third-order valence-corrected chi connectivity index (χ3v) is 2.80. The molecular weight excluding hydrogens is 268 g/mol. The van der Waals surface area contributed by atoms with Crippen molar-refractivity contribution in [2.24, 2.45) is 0 Å². The summed E-state index contributed by atoms with van der Waals surface area (Å²) in [7, 11) is 0. The molecule has 3 aromatic heterocycles. The highest BCUT2D eigenvalue weighted by molar-refractivity contribution is 5.32. The monoisotopic (exact) mass is 284 g/mol. The van der Waals surface area contributed by atoms with Crippen LogP contribution in [0.1, 0.15) is 18.9 Å². The molecule has 108 valence electrons. The number of aryl methyl sites for hydroxylation is 1. The van der Waals surface area contributed by atoms with Gasteiger partial charge in [0.2, 0.25) is 11.9 Å². The Bertz CT molecular complexity index is 716. The van der Waals surface area contributed by atoms with E-state index in [9.17, 15) is 0 Å². The minimum absolute atomic E-state index is 0.473. The molecule has 3 heterocycles. The van der Waals surface area contributed by atoms with E-state index in [1.54, 1.807) is 34.2 Å². The van der Waals surface area contributed by atoms with Gasteiger partial charge < -0.3 is 5.32 Å². The Kier molecular flexibility index (Phi) is 3.59. The van der Waals surface area contributed by atoms with E-state index in [0.717, 1.165) is 18.5 Å². The minimum Gasteiger partial charge on any atom is -0.354 e. The lowest BCUT2D eigenvalue weighted by Crippen LogP contribution is -2.13. The van der Waals surface area contributed by atoms with Gasteiger partial charge in [-0.15, -0.1) is 0 Å². The molecule has 0 aromatic carbocycles. The molecule has 0 saturated heterocycles. The summed E-state index contributed by atoms with van der Waals surface area (Å²) in [6, 6.07) is 0. The molecule has 1 N–H and O–H groups in total. The number of hydrogen-bond donors (Lipinski definition) is 1. The molecule has 0 aliphatic carbocycles. The van der Waals surface area contributed by atoms with Crippen LogP contribution in [0, 0.1) is 6.92 Å². The Balaban J connectivity index is 2.04. The van der Waals surface area contributed by atoms with E-state index in [1.165, 1.54) is 0 Å². The third kappa shape index (κ3) is 2.88. The van der Waals surface area contributed by atoms with Gasteiger partial charge in [-0.05, 0) is 18.9 Å². The Labute approximate surface area is 121 Å². The van der Waals surface area contributed by atoms with Crippen molar-refractivity contribution in [1.82, 2.24) is 34.3 Å². The number of imidazole rings is 1. The predicted octanol–water partition coefficient (Wildman–Crippen LogP) is 1.37. The van der Waals surface area contributed by atoms with Gasteiger partial charge in [-0.3, -0.25) is 4.57 Å². The maximum absolute atomic E-state index is 4.43. The van der Waals surface area contributed by atoms with E-state index in [4.69, 9.17) is 0 Å². The SMILES string of the molecule is CCCNc1nc(-n2ccnc2)nc(-n2cc(C)cn2)n1. The number of nitrogens with zero attached hydrogens (tertiary/aromatic N) is 7. The van der Waals surface area contributed by atoms with Crippen LogP contribution >= 0.6 is 0 Å². The molecule has 8 nitrogen and oxygen atoms in total. The Hall–Kier alpha value is -2.77. The topological polar surface area (TPSA) is 86.3 Å². The van der Waals surface area contributed by atoms with Gasteiger partial charge in [0.25, 0.3) is 5.95 Å². The van der Waals surface area contributed by atoms with Crippen LogP contribution in [-0.4, -0.2) is 40.8 Å². The van der Waals surface area contributed by atoms with Gasteiger partial charge in [0, 0.05) is 25.1 Å². The normalized spacial score (nSPS) is 10.8. The molecule has 0 amide bonds. The lowest BCUT2D eigenvalue weighted by molar-refractivity contribution is 0.772. The zero-order chi connectivity index (χ0) is 14.7. The highest BCUT2D eigenvalue weighted by Gasteiger charge is 2.10. The summed E-state index contributed by atoms with van der Waals surface area (Å²) in [6.45, 7) is 4.85. The largest absolute Gasteiger partial charge is 0.354 e. The van der Waals surface area contributed by atoms with Crippen molar-refractivity contribution in [3.63, 3.8) is 0 Å². The molecule has 0 unspecified atom stereocenters. The maximum atomic E-state index is 4.43. The van der Waals surface area contributed by atoms with Crippen LogP contribution in [0.25, 0.3) is 11.9 Å². The highest BCUT2D eigenvalue weighted by Crippen LogP contribution is 2.09. The van der Waals surface area contributed by atoms with Crippen LogP contribution in [-0.2, 0) is 0 Å². The molecular formula is C13H16N8. The van der Waals surface area contributed by atoms with Crippen LogP contribution in [0.5, 0.6) is 0 Å².